The first-order chi connectivity index (χ1) is 10.4. The number of rotatable bonds is 7. The molecule has 0 saturated carbocycles. The Balaban J connectivity index is 1.96. The minimum Gasteiger partial charge on any atom is -0.297 e. The molecule has 1 atom stereocenters. The molecule has 2 rings (SSSR count). The van der Waals surface area contributed by atoms with Crippen LogP contribution in [0.15, 0.2) is 6.07 Å². The number of hydrogen-bond donors (Lipinski definition) is 1. The van der Waals surface area contributed by atoms with E-state index in [4.69, 9.17) is 0 Å². The maximum Gasteiger partial charge on any atom is 0.209 e. The first-order valence-electron chi connectivity index (χ1n) is 7.63. The highest BCUT2D eigenvalue weighted by Gasteiger charge is 2.17. The van der Waals surface area contributed by atoms with Crippen LogP contribution in [0.2, 0.25) is 0 Å². The number of aryl methyl sites for hydroxylation is 1. The predicted molar refractivity (Wildman–Crippen MR) is 91.4 cm³/mol. The first kappa shape index (κ1) is 17.8. The fourth-order valence-corrected chi connectivity index (χ4v) is 3.30. The van der Waals surface area contributed by atoms with E-state index >= 15 is 0 Å². The molecule has 0 fully saturated rings. The van der Waals surface area contributed by atoms with Gasteiger partial charge in [0.05, 0.1) is 24.2 Å². The molecule has 2 heterocycles. The topological polar surface area (TPSA) is 67.2 Å². The van der Waals surface area contributed by atoms with E-state index in [1.807, 2.05) is 22.5 Å². The van der Waals surface area contributed by atoms with Crippen LogP contribution in [0.25, 0.3) is 0 Å². The molecule has 1 aliphatic rings. The van der Waals surface area contributed by atoms with Crippen LogP contribution in [-0.2, 0) is 29.7 Å². The molecule has 0 radical (unpaired) electrons. The molecule has 1 N–H and O–H groups in total. The van der Waals surface area contributed by atoms with Gasteiger partial charge in [0.1, 0.15) is 0 Å². The second kappa shape index (κ2) is 7.81. The van der Waals surface area contributed by atoms with Gasteiger partial charge in [-0.15, -0.1) is 0 Å². The summed E-state index contributed by atoms with van der Waals surface area (Å²) in [6.07, 6.45) is 5.60. The third-order valence-corrected chi connectivity index (χ3v) is 5.62. The largest absolute Gasteiger partial charge is 0.297 e. The second-order valence-electron chi connectivity index (χ2n) is 5.91. The normalized spacial score (nSPS) is 18.0. The second-order valence-corrected chi connectivity index (χ2v) is 9.02. The van der Waals surface area contributed by atoms with Crippen LogP contribution in [0, 0.1) is 0 Å². The third-order valence-electron chi connectivity index (χ3n) is 3.91. The van der Waals surface area contributed by atoms with E-state index in [0.29, 0.717) is 5.25 Å². The maximum atomic E-state index is 11.2. The molecular formula is C14H26N4O2S2. The summed E-state index contributed by atoms with van der Waals surface area (Å²) in [4.78, 5) is 2.47. The highest BCUT2D eigenvalue weighted by molar-refractivity contribution is 7.99. The Morgan fingerprint density at radius 1 is 1.45 bits per heavy atom. The zero-order valence-corrected chi connectivity index (χ0v) is 15.2. The standard InChI is InChI=1S/C14H26N4O2S2/c1-12(21-2)5-8-17-6-4-7-18-14(11-17)9-13(16-18)10-15-22(3,19)20/h9,12,15H,4-8,10-11H2,1-3H3. The number of hydrogen-bond acceptors (Lipinski definition) is 5. The molecule has 1 aliphatic heterocycles. The zero-order valence-electron chi connectivity index (χ0n) is 13.6. The van der Waals surface area contributed by atoms with Crippen molar-refractivity contribution in [3.8, 4) is 0 Å². The lowest BCUT2D eigenvalue weighted by molar-refractivity contribution is 0.266. The van der Waals surface area contributed by atoms with E-state index in [1.54, 1.807) is 0 Å². The van der Waals surface area contributed by atoms with E-state index in [9.17, 15) is 8.42 Å². The van der Waals surface area contributed by atoms with Crippen molar-refractivity contribution >= 4 is 21.8 Å². The average molecular weight is 347 g/mol. The number of aromatic nitrogens is 2. The van der Waals surface area contributed by atoms with Gasteiger partial charge in [0.2, 0.25) is 10.0 Å². The lowest BCUT2D eigenvalue weighted by Crippen LogP contribution is -2.26. The van der Waals surface area contributed by atoms with E-state index < -0.39 is 10.0 Å². The van der Waals surface area contributed by atoms with Crippen molar-refractivity contribution < 1.29 is 8.42 Å². The summed E-state index contributed by atoms with van der Waals surface area (Å²) in [5.74, 6) is 0. The summed E-state index contributed by atoms with van der Waals surface area (Å²) in [7, 11) is -3.17. The number of nitrogens with one attached hydrogen (secondary N) is 1. The molecule has 0 saturated heterocycles. The van der Waals surface area contributed by atoms with Gasteiger partial charge in [-0.3, -0.25) is 9.58 Å². The Labute approximate surface area is 137 Å². The molecule has 0 aromatic carbocycles. The average Bonchev–Trinajstić information content (AvgIpc) is 2.73. The Bertz CT molecular complexity index is 586. The first-order valence-corrected chi connectivity index (χ1v) is 10.8. The highest BCUT2D eigenvalue weighted by Crippen LogP contribution is 2.16. The third kappa shape index (κ3) is 5.57. The lowest BCUT2D eigenvalue weighted by atomic mass is 10.2. The lowest BCUT2D eigenvalue weighted by Gasteiger charge is -2.20. The van der Waals surface area contributed by atoms with Gasteiger partial charge in [0, 0.05) is 24.9 Å². The molecule has 126 valence electrons. The SMILES string of the molecule is CSC(C)CCN1CCCn2nc(CNS(C)(=O)=O)cc2C1. The van der Waals surface area contributed by atoms with Crippen LogP contribution in [0.3, 0.4) is 0 Å². The van der Waals surface area contributed by atoms with Gasteiger partial charge in [0.25, 0.3) is 0 Å². The molecule has 0 amide bonds. The van der Waals surface area contributed by atoms with Gasteiger partial charge >= 0.3 is 0 Å². The molecule has 1 aromatic heterocycles. The Hall–Kier alpha value is -0.570. The fraction of sp³-hybridized carbons (Fsp3) is 0.786. The molecule has 1 unspecified atom stereocenters. The van der Waals surface area contributed by atoms with Crippen molar-refractivity contribution in [2.24, 2.45) is 0 Å². The molecule has 6 nitrogen and oxygen atoms in total. The predicted octanol–water partition coefficient (Wildman–Crippen LogP) is 1.28. The van der Waals surface area contributed by atoms with E-state index in [0.717, 1.165) is 38.3 Å². The van der Waals surface area contributed by atoms with Gasteiger partial charge in [-0.05, 0) is 31.7 Å². The summed E-state index contributed by atoms with van der Waals surface area (Å²) in [5.41, 5.74) is 1.97. The van der Waals surface area contributed by atoms with Gasteiger partial charge in [-0.2, -0.15) is 16.9 Å². The van der Waals surface area contributed by atoms with E-state index in [-0.39, 0.29) is 6.54 Å². The smallest absolute Gasteiger partial charge is 0.209 e. The highest BCUT2D eigenvalue weighted by atomic mass is 32.2. The summed E-state index contributed by atoms with van der Waals surface area (Å²) in [5, 5.41) is 5.20. The Morgan fingerprint density at radius 2 is 2.23 bits per heavy atom. The molecule has 22 heavy (non-hydrogen) atoms. The summed E-state index contributed by atoms with van der Waals surface area (Å²) in [6, 6.07) is 2.02. The van der Waals surface area contributed by atoms with Crippen molar-refractivity contribution in [2.75, 3.05) is 25.6 Å². The quantitative estimate of drug-likeness (QED) is 0.805. The van der Waals surface area contributed by atoms with E-state index in [2.05, 4.69) is 27.9 Å². The van der Waals surface area contributed by atoms with Gasteiger partial charge in [0.15, 0.2) is 0 Å². The summed E-state index contributed by atoms with van der Waals surface area (Å²) in [6.45, 7) is 6.53. The van der Waals surface area contributed by atoms with Crippen LogP contribution in [-0.4, -0.2) is 53.9 Å². The Morgan fingerprint density at radius 3 is 2.91 bits per heavy atom. The van der Waals surface area contributed by atoms with Crippen LogP contribution in [0.5, 0.6) is 0 Å². The summed E-state index contributed by atoms with van der Waals surface area (Å²) >= 11 is 1.91. The van der Waals surface area contributed by atoms with Crippen molar-refractivity contribution in [1.82, 2.24) is 19.4 Å². The Kier molecular flexibility index (Phi) is 6.31. The number of nitrogens with zero attached hydrogens (tertiary/aromatic N) is 3. The van der Waals surface area contributed by atoms with Crippen LogP contribution >= 0.6 is 11.8 Å². The molecular weight excluding hydrogens is 320 g/mol. The van der Waals surface area contributed by atoms with Crippen molar-refractivity contribution in [1.29, 1.82) is 0 Å². The fourth-order valence-electron chi connectivity index (χ4n) is 2.55. The van der Waals surface area contributed by atoms with Crippen LogP contribution in [0.1, 0.15) is 31.2 Å². The van der Waals surface area contributed by atoms with Crippen molar-refractivity contribution in [2.45, 2.75) is 44.6 Å². The van der Waals surface area contributed by atoms with Crippen LogP contribution < -0.4 is 4.72 Å². The molecule has 8 heteroatoms. The van der Waals surface area contributed by atoms with Gasteiger partial charge in [-0.1, -0.05) is 6.92 Å². The van der Waals surface area contributed by atoms with Crippen molar-refractivity contribution in [3.63, 3.8) is 0 Å². The number of sulfonamides is 1. The minimum absolute atomic E-state index is 0.266. The molecule has 0 spiro atoms. The summed E-state index contributed by atoms with van der Waals surface area (Å²) < 4.78 is 26.9. The molecule has 0 bridgehead atoms. The zero-order chi connectivity index (χ0) is 16.2. The monoisotopic (exact) mass is 346 g/mol. The van der Waals surface area contributed by atoms with Crippen molar-refractivity contribution in [3.05, 3.63) is 17.5 Å². The van der Waals surface area contributed by atoms with Crippen LogP contribution in [0.4, 0.5) is 0 Å². The number of thioether (sulfide) groups is 1. The van der Waals surface area contributed by atoms with Gasteiger partial charge in [-0.25, -0.2) is 13.1 Å². The van der Waals surface area contributed by atoms with E-state index in [1.165, 1.54) is 18.4 Å². The maximum absolute atomic E-state index is 11.2. The molecule has 0 aliphatic carbocycles. The number of fused-ring (bicyclic) bond motifs is 1. The van der Waals surface area contributed by atoms with Gasteiger partial charge < -0.3 is 0 Å². The minimum atomic E-state index is -3.17. The molecule has 1 aromatic rings.